The summed E-state index contributed by atoms with van der Waals surface area (Å²) < 4.78 is 0. The fraction of sp³-hybridized carbons (Fsp3) is 0.0769. The van der Waals surface area contributed by atoms with Gasteiger partial charge in [0.05, 0.1) is 5.82 Å². The Labute approximate surface area is 91.0 Å². The highest BCUT2D eigenvalue weighted by molar-refractivity contribution is 5.62. The number of hydrogen-bond acceptors (Lipinski definition) is 2. The van der Waals surface area contributed by atoms with Crippen LogP contribution in [0.3, 0.4) is 0 Å². The fourth-order valence-electron chi connectivity index (χ4n) is 1.18. The minimum absolute atomic E-state index is 0.677. The maximum absolute atomic E-state index is 3.93. The number of nitrogens with one attached hydrogen (secondary N) is 2. The van der Waals surface area contributed by atoms with Crippen LogP contribution in [0.15, 0.2) is 61.6 Å². The molecule has 2 heteroatoms. The first-order valence-electron chi connectivity index (χ1n) is 4.72. The minimum Gasteiger partial charge on any atom is -0.347 e. The summed E-state index contributed by atoms with van der Waals surface area (Å²) in [5, 5.41) is 6.05. The summed E-state index contributed by atoms with van der Waals surface area (Å²) in [5.74, 6) is 0.677. The quantitative estimate of drug-likeness (QED) is 0.763. The molecule has 78 valence electrons. The molecular weight excluding hydrogens is 184 g/mol. The van der Waals surface area contributed by atoms with Crippen LogP contribution in [0.25, 0.3) is 5.70 Å². The molecule has 0 aromatic heterocycles. The van der Waals surface area contributed by atoms with E-state index >= 15 is 0 Å². The number of allylic oxidation sites excluding steroid dienone is 1. The molecule has 0 aliphatic heterocycles. The number of rotatable bonds is 5. The van der Waals surface area contributed by atoms with Gasteiger partial charge in [0.25, 0.3) is 0 Å². The van der Waals surface area contributed by atoms with Crippen molar-refractivity contribution in [2.45, 2.75) is 6.92 Å². The molecule has 0 saturated carbocycles. The Morgan fingerprint density at radius 1 is 1.00 bits per heavy atom. The number of benzene rings is 1. The van der Waals surface area contributed by atoms with E-state index in [0.29, 0.717) is 5.82 Å². The smallest absolute Gasteiger partial charge is 0.0999 e. The van der Waals surface area contributed by atoms with E-state index in [-0.39, 0.29) is 0 Å². The molecule has 15 heavy (non-hydrogen) atoms. The predicted octanol–water partition coefficient (Wildman–Crippen LogP) is 2.84. The van der Waals surface area contributed by atoms with Crippen LogP contribution in [-0.2, 0) is 0 Å². The van der Waals surface area contributed by atoms with E-state index < -0.39 is 0 Å². The summed E-state index contributed by atoms with van der Waals surface area (Å²) in [6, 6.07) is 9.89. The molecular formula is C13H16N2. The molecule has 0 aliphatic carbocycles. The first-order valence-corrected chi connectivity index (χ1v) is 4.72. The van der Waals surface area contributed by atoms with Gasteiger partial charge in [-0.25, -0.2) is 0 Å². The van der Waals surface area contributed by atoms with Crippen molar-refractivity contribution in [3.05, 3.63) is 67.2 Å². The standard InChI is InChI=1S/C13H16N2/c1-10(2)14-12(4)15-11(3)13-8-6-5-7-9-13/h5-9,14-15H,1,3-4H2,2H3. The lowest BCUT2D eigenvalue weighted by molar-refractivity contribution is 0.886. The van der Waals surface area contributed by atoms with Gasteiger partial charge in [-0.15, -0.1) is 0 Å². The van der Waals surface area contributed by atoms with E-state index in [0.717, 1.165) is 17.0 Å². The van der Waals surface area contributed by atoms with Gasteiger partial charge in [-0.3, -0.25) is 0 Å². The zero-order chi connectivity index (χ0) is 11.3. The van der Waals surface area contributed by atoms with Crippen molar-refractivity contribution in [3.63, 3.8) is 0 Å². The van der Waals surface area contributed by atoms with E-state index in [1.54, 1.807) is 0 Å². The van der Waals surface area contributed by atoms with Gasteiger partial charge in [0, 0.05) is 11.4 Å². The van der Waals surface area contributed by atoms with Crippen molar-refractivity contribution >= 4 is 5.70 Å². The Morgan fingerprint density at radius 3 is 2.13 bits per heavy atom. The third-order valence-corrected chi connectivity index (χ3v) is 1.79. The molecule has 0 heterocycles. The first kappa shape index (κ1) is 11.1. The Bertz CT molecular complexity index is 377. The van der Waals surface area contributed by atoms with Crippen molar-refractivity contribution in [3.8, 4) is 0 Å². The molecule has 1 rings (SSSR count). The van der Waals surface area contributed by atoms with Crippen molar-refractivity contribution in [1.82, 2.24) is 10.6 Å². The van der Waals surface area contributed by atoms with Crippen molar-refractivity contribution in [2.75, 3.05) is 0 Å². The van der Waals surface area contributed by atoms with Crippen molar-refractivity contribution in [1.29, 1.82) is 0 Å². The molecule has 0 unspecified atom stereocenters. The lowest BCUT2D eigenvalue weighted by atomic mass is 10.2. The molecule has 2 N–H and O–H groups in total. The van der Waals surface area contributed by atoms with Crippen LogP contribution in [0.4, 0.5) is 0 Å². The van der Waals surface area contributed by atoms with Crippen molar-refractivity contribution in [2.24, 2.45) is 0 Å². The molecule has 2 nitrogen and oxygen atoms in total. The molecule has 0 atom stereocenters. The van der Waals surface area contributed by atoms with Gasteiger partial charge in [0.1, 0.15) is 0 Å². The Balaban J connectivity index is 2.57. The van der Waals surface area contributed by atoms with Gasteiger partial charge < -0.3 is 10.6 Å². The molecule has 0 aliphatic rings. The molecule has 1 aromatic carbocycles. The zero-order valence-electron chi connectivity index (χ0n) is 9.01. The minimum atomic E-state index is 0.677. The summed E-state index contributed by atoms with van der Waals surface area (Å²) in [5.41, 5.74) is 2.70. The second-order valence-corrected chi connectivity index (χ2v) is 3.35. The van der Waals surface area contributed by atoms with E-state index in [2.05, 4.69) is 30.4 Å². The van der Waals surface area contributed by atoms with Crippen LogP contribution in [-0.4, -0.2) is 0 Å². The third kappa shape index (κ3) is 3.73. The second kappa shape index (κ2) is 5.05. The molecule has 0 fully saturated rings. The highest BCUT2D eigenvalue weighted by atomic mass is 15.1. The zero-order valence-corrected chi connectivity index (χ0v) is 9.01. The highest BCUT2D eigenvalue weighted by Gasteiger charge is 1.98. The Morgan fingerprint density at radius 2 is 1.60 bits per heavy atom. The lowest BCUT2D eigenvalue weighted by Crippen LogP contribution is -2.22. The van der Waals surface area contributed by atoms with Crippen LogP contribution >= 0.6 is 0 Å². The summed E-state index contributed by atoms with van der Waals surface area (Å²) in [6.45, 7) is 13.4. The monoisotopic (exact) mass is 200 g/mol. The predicted molar refractivity (Wildman–Crippen MR) is 65.7 cm³/mol. The number of hydrogen-bond donors (Lipinski definition) is 2. The van der Waals surface area contributed by atoms with E-state index in [1.807, 2.05) is 37.3 Å². The molecule has 0 radical (unpaired) electrons. The van der Waals surface area contributed by atoms with Crippen LogP contribution in [0.2, 0.25) is 0 Å². The summed E-state index contributed by atoms with van der Waals surface area (Å²) in [4.78, 5) is 0. The van der Waals surface area contributed by atoms with Crippen molar-refractivity contribution < 1.29 is 0 Å². The molecule has 0 bridgehead atoms. The summed E-state index contributed by atoms with van der Waals surface area (Å²) >= 11 is 0. The van der Waals surface area contributed by atoms with E-state index in [9.17, 15) is 0 Å². The van der Waals surface area contributed by atoms with Crippen LogP contribution in [0.1, 0.15) is 12.5 Å². The maximum Gasteiger partial charge on any atom is 0.0999 e. The molecule has 0 spiro atoms. The van der Waals surface area contributed by atoms with Gasteiger partial charge in [-0.1, -0.05) is 50.1 Å². The van der Waals surface area contributed by atoms with Gasteiger partial charge in [0.15, 0.2) is 0 Å². The third-order valence-electron chi connectivity index (χ3n) is 1.79. The molecule has 1 aromatic rings. The van der Waals surface area contributed by atoms with Gasteiger partial charge in [-0.2, -0.15) is 0 Å². The van der Waals surface area contributed by atoms with Crippen LogP contribution in [0.5, 0.6) is 0 Å². The average molecular weight is 200 g/mol. The second-order valence-electron chi connectivity index (χ2n) is 3.35. The summed E-state index contributed by atoms with van der Waals surface area (Å²) in [7, 11) is 0. The van der Waals surface area contributed by atoms with Gasteiger partial charge in [-0.05, 0) is 12.5 Å². The SMILES string of the molecule is C=C(C)NC(=C)NC(=C)c1ccccc1. The Kier molecular flexibility index (Phi) is 3.75. The van der Waals surface area contributed by atoms with E-state index in [1.165, 1.54) is 0 Å². The lowest BCUT2D eigenvalue weighted by Gasteiger charge is -2.13. The van der Waals surface area contributed by atoms with E-state index in [4.69, 9.17) is 0 Å². The molecule has 0 amide bonds. The molecule has 0 saturated heterocycles. The van der Waals surface area contributed by atoms with Gasteiger partial charge in [0.2, 0.25) is 0 Å². The average Bonchev–Trinajstić information content (AvgIpc) is 2.17. The first-order chi connectivity index (χ1) is 7.09. The van der Waals surface area contributed by atoms with Crippen LogP contribution < -0.4 is 10.6 Å². The Hall–Kier alpha value is -1.96. The normalized spacial score (nSPS) is 9.13. The largest absolute Gasteiger partial charge is 0.347 e. The van der Waals surface area contributed by atoms with Crippen LogP contribution in [0, 0.1) is 0 Å². The summed E-state index contributed by atoms with van der Waals surface area (Å²) in [6.07, 6.45) is 0. The van der Waals surface area contributed by atoms with Gasteiger partial charge >= 0.3 is 0 Å². The fourth-order valence-corrected chi connectivity index (χ4v) is 1.18. The topological polar surface area (TPSA) is 24.1 Å². The maximum atomic E-state index is 3.93. The highest BCUT2D eigenvalue weighted by Crippen LogP contribution is 2.08.